The number of nitrogens with two attached hydrogens (primary N) is 1. The van der Waals surface area contributed by atoms with Crippen LogP contribution in [0.2, 0.25) is 0 Å². The summed E-state index contributed by atoms with van der Waals surface area (Å²) in [6.07, 6.45) is 2.73. The number of piperidine rings is 1. The lowest BCUT2D eigenvalue weighted by Crippen LogP contribution is -2.39. The highest BCUT2D eigenvalue weighted by Gasteiger charge is 2.27. The second-order valence-electron chi connectivity index (χ2n) is 7.29. The van der Waals surface area contributed by atoms with Crippen molar-refractivity contribution in [1.29, 1.82) is 0 Å². The largest absolute Gasteiger partial charge is 0.368 e. The van der Waals surface area contributed by atoms with Gasteiger partial charge in [0.05, 0.1) is 16.7 Å². The third-order valence-electron chi connectivity index (χ3n) is 5.69. The lowest BCUT2D eigenvalue weighted by Gasteiger charge is -2.35. The van der Waals surface area contributed by atoms with Crippen molar-refractivity contribution < 1.29 is 0 Å². The summed E-state index contributed by atoms with van der Waals surface area (Å²) in [7, 11) is 0. The minimum atomic E-state index is -0.0237. The van der Waals surface area contributed by atoms with E-state index in [9.17, 15) is 4.79 Å². The Morgan fingerprint density at radius 1 is 1.15 bits per heavy atom. The quantitative estimate of drug-likeness (QED) is 0.630. The predicted octanol–water partition coefficient (Wildman–Crippen LogP) is 1.19. The van der Waals surface area contributed by atoms with Gasteiger partial charge in [-0.25, -0.2) is 9.78 Å². The number of rotatable bonds is 2. The summed E-state index contributed by atoms with van der Waals surface area (Å²) in [5, 5.41) is 3.34. The molecule has 1 aromatic carbocycles. The molecule has 4 heterocycles. The molecule has 2 aromatic heterocycles. The van der Waals surface area contributed by atoms with Gasteiger partial charge in [0, 0.05) is 31.2 Å². The SMILES string of the molecule is Nc1nc2c(c(N3CCC(n4c(=O)[nH]c5ccccc54)CC3)n1)CCNC2. The first-order chi connectivity index (χ1) is 13.2. The van der Waals surface area contributed by atoms with Crippen LogP contribution in [0.1, 0.15) is 30.1 Å². The molecule has 140 valence electrons. The molecule has 4 N–H and O–H groups in total. The maximum absolute atomic E-state index is 12.5. The lowest BCUT2D eigenvalue weighted by atomic mass is 10.0. The van der Waals surface area contributed by atoms with Crippen LogP contribution in [0, 0.1) is 0 Å². The summed E-state index contributed by atoms with van der Waals surface area (Å²) >= 11 is 0. The highest BCUT2D eigenvalue weighted by atomic mass is 16.1. The molecule has 0 spiro atoms. The number of para-hydroxylation sites is 2. The molecule has 0 saturated carbocycles. The molecule has 1 saturated heterocycles. The first-order valence-electron chi connectivity index (χ1n) is 9.51. The molecule has 0 atom stereocenters. The molecule has 8 nitrogen and oxygen atoms in total. The number of nitrogen functional groups attached to an aromatic ring is 1. The zero-order valence-corrected chi connectivity index (χ0v) is 15.1. The first kappa shape index (κ1) is 16.3. The van der Waals surface area contributed by atoms with Crippen LogP contribution in [0.25, 0.3) is 11.0 Å². The second kappa shape index (κ2) is 6.38. The lowest BCUT2D eigenvalue weighted by molar-refractivity contribution is 0.394. The summed E-state index contributed by atoms with van der Waals surface area (Å²) in [5.74, 6) is 1.31. The number of H-pyrrole nitrogens is 1. The molecule has 0 aliphatic carbocycles. The Kier molecular flexibility index (Phi) is 3.86. The Bertz CT molecular complexity index is 1050. The van der Waals surface area contributed by atoms with E-state index in [2.05, 4.69) is 25.2 Å². The van der Waals surface area contributed by atoms with Crippen molar-refractivity contribution in [3.05, 3.63) is 46.0 Å². The van der Waals surface area contributed by atoms with Crippen molar-refractivity contribution in [3.63, 3.8) is 0 Å². The van der Waals surface area contributed by atoms with Gasteiger partial charge >= 0.3 is 5.69 Å². The van der Waals surface area contributed by atoms with Gasteiger partial charge in [-0.1, -0.05) is 12.1 Å². The number of aromatic nitrogens is 4. The van der Waals surface area contributed by atoms with E-state index in [1.165, 1.54) is 5.56 Å². The number of benzene rings is 1. The van der Waals surface area contributed by atoms with Crippen LogP contribution in [0.3, 0.4) is 0 Å². The molecule has 5 rings (SSSR count). The van der Waals surface area contributed by atoms with Gasteiger partial charge < -0.3 is 20.9 Å². The van der Waals surface area contributed by atoms with E-state index < -0.39 is 0 Å². The average molecular weight is 365 g/mol. The topological polar surface area (TPSA) is 105 Å². The molecule has 0 bridgehead atoms. The van der Waals surface area contributed by atoms with E-state index >= 15 is 0 Å². The molecule has 3 aromatic rings. The zero-order valence-electron chi connectivity index (χ0n) is 15.1. The predicted molar refractivity (Wildman–Crippen MR) is 105 cm³/mol. The third-order valence-corrected chi connectivity index (χ3v) is 5.69. The fourth-order valence-electron chi connectivity index (χ4n) is 4.39. The van der Waals surface area contributed by atoms with Gasteiger partial charge in [-0.05, 0) is 37.9 Å². The van der Waals surface area contributed by atoms with Crippen LogP contribution >= 0.6 is 0 Å². The molecule has 0 radical (unpaired) electrons. The van der Waals surface area contributed by atoms with Crippen molar-refractivity contribution >= 4 is 22.8 Å². The van der Waals surface area contributed by atoms with Gasteiger partial charge in [0.25, 0.3) is 0 Å². The number of anilines is 2. The fourth-order valence-corrected chi connectivity index (χ4v) is 4.39. The number of aromatic amines is 1. The van der Waals surface area contributed by atoms with E-state index in [4.69, 9.17) is 5.73 Å². The Balaban J connectivity index is 1.42. The fraction of sp³-hybridized carbons (Fsp3) is 0.421. The summed E-state index contributed by atoms with van der Waals surface area (Å²) in [4.78, 5) is 26.7. The summed E-state index contributed by atoms with van der Waals surface area (Å²) in [5.41, 5.74) is 10.0. The number of imidazole rings is 1. The van der Waals surface area contributed by atoms with E-state index in [-0.39, 0.29) is 11.7 Å². The molecule has 8 heteroatoms. The van der Waals surface area contributed by atoms with Crippen LogP contribution in [-0.2, 0) is 13.0 Å². The summed E-state index contributed by atoms with van der Waals surface area (Å²) in [6.45, 7) is 3.39. The zero-order chi connectivity index (χ0) is 18.4. The third kappa shape index (κ3) is 2.76. The van der Waals surface area contributed by atoms with Crippen molar-refractivity contribution in [2.75, 3.05) is 30.3 Å². The number of hydrogen-bond donors (Lipinski definition) is 3. The monoisotopic (exact) mass is 365 g/mol. The number of nitrogens with zero attached hydrogens (tertiary/aromatic N) is 4. The molecular formula is C19H23N7O. The summed E-state index contributed by atoms with van der Waals surface area (Å²) < 4.78 is 1.92. The summed E-state index contributed by atoms with van der Waals surface area (Å²) in [6, 6.07) is 8.08. The van der Waals surface area contributed by atoms with Crippen LogP contribution in [0.15, 0.2) is 29.1 Å². The van der Waals surface area contributed by atoms with E-state index in [1.807, 2.05) is 28.8 Å². The second-order valence-corrected chi connectivity index (χ2v) is 7.29. The Hall–Kier alpha value is -2.87. The molecule has 2 aliphatic rings. The minimum Gasteiger partial charge on any atom is -0.368 e. The van der Waals surface area contributed by atoms with Crippen LogP contribution in [-0.4, -0.2) is 39.2 Å². The Morgan fingerprint density at radius 3 is 2.81 bits per heavy atom. The highest BCUT2D eigenvalue weighted by molar-refractivity contribution is 5.75. The molecule has 27 heavy (non-hydrogen) atoms. The highest BCUT2D eigenvalue weighted by Crippen LogP contribution is 2.31. The normalized spacial score (nSPS) is 18.0. The minimum absolute atomic E-state index is 0.0237. The van der Waals surface area contributed by atoms with Crippen LogP contribution < -0.4 is 21.6 Å². The van der Waals surface area contributed by atoms with E-state index in [1.54, 1.807) is 0 Å². The van der Waals surface area contributed by atoms with E-state index in [0.717, 1.165) is 68.0 Å². The Labute approximate surface area is 156 Å². The van der Waals surface area contributed by atoms with E-state index in [0.29, 0.717) is 5.95 Å². The standard InChI is InChI=1S/C19H23N7O/c20-18-22-15-11-21-8-5-13(15)17(24-18)25-9-6-12(7-10-25)26-16-4-2-1-3-14(16)23-19(26)27/h1-4,12,21H,5-11H2,(H,23,27)(H2,20,22,24). The van der Waals surface area contributed by atoms with Gasteiger partial charge in [-0.2, -0.15) is 4.98 Å². The first-order valence-corrected chi connectivity index (χ1v) is 9.51. The van der Waals surface area contributed by atoms with Gasteiger partial charge in [0.1, 0.15) is 5.82 Å². The van der Waals surface area contributed by atoms with Crippen molar-refractivity contribution in [1.82, 2.24) is 24.8 Å². The van der Waals surface area contributed by atoms with Crippen molar-refractivity contribution in [3.8, 4) is 0 Å². The molecular weight excluding hydrogens is 342 g/mol. The van der Waals surface area contributed by atoms with Crippen molar-refractivity contribution in [2.24, 2.45) is 0 Å². The average Bonchev–Trinajstić information content (AvgIpc) is 3.03. The number of fused-ring (bicyclic) bond motifs is 2. The van der Waals surface area contributed by atoms with Gasteiger partial charge in [-0.3, -0.25) is 4.57 Å². The molecule has 1 fully saturated rings. The smallest absolute Gasteiger partial charge is 0.326 e. The Morgan fingerprint density at radius 2 is 1.96 bits per heavy atom. The molecule has 0 amide bonds. The maximum atomic E-state index is 12.5. The number of hydrogen-bond acceptors (Lipinski definition) is 6. The van der Waals surface area contributed by atoms with Crippen LogP contribution in [0.4, 0.5) is 11.8 Å². The number of nitrogens with one attached hydrogen (secondary N) is 2. The molecule has 0 unspecified atom stereocenters. The van der Waals surface area contributed by atoms with Crippen molar-refractivity contribution in [2.45, 2.75) is 31.8 Å². The van der Waals surface area contributed by atoms with Crippen LogP contribution in [0.5, 0.6) is 0 Å². The van der Waals surface area contributed by atoms with Gasteiger partial charge in [0.15, 0.2) is 0 Å². The van der Waals surface area contributed by atoms with Gasteiger partial charge in [-0.15, -0.1) is 0 Å². The van der Waals surface area contributed by atoms with Gasteiger partial charge in [0.2, 0.25) is 5.95 Å². The maximum Gasteiger partial charge on any atom is 0.326 e. The molecule has 2 aliphatic heterocycles.